The van der Waals surface area contributed by atoms with Crippen LogP contribution in [0.2, 0.25) is 0 Å². The highest BCUT2D eigenvalue weighted by Gasteiger charge is 2.10. The Labute approximate surface area is 56.6 Å². The Morgan fingerprint density at radius 1 is 1.44 bits per heavy atom. The van der Waals surface area contributed by atoms with E-state index in [1.165, 1.54) is 0 Å². The van der Waals surface area contributed by atoms with E-state index in [2.05, 4.69) is 5.43 Å². The van der Waals surface area contributed by atoms with Crippen LogP contribution in [-0.2, 0) is 0 Å². The lowest BCUT2D eigenvalue weighted by molar-refractivity contribution is 0.0597. The molecule has 0 saturated heterocycles. The average Bonchev–Trinajstić information content (AvgIpc) is 1.59. The average molecular weight is 132 g/mol. The molecule has 0 spiro atoms. The van der Waals surface area contributed by atoms with Crippen molar-refractivity contribution in [3.8, 4) is 0 Å². The normalized spacial score (nSPS) is 12.7. The molecule has 0 aliphatic heterocycles. The topological polar surface area (TPSA) is 35.5 Å². The van der Waals surface area contributed by atoms with Gasteiger partial charge in [0.2, 0.25) is 0 Å². The van der Waals surface area contributed by atoms with Gasteiger partial charge in [-0.25, -0.2) is 0 Å². The summed E-state index contributed by atoms with van der Waals surface area (Å²) in [5.41, 5.74) is 2.35. The number of nitrogens with zero attached hydrogens (tertiary/aromatic N) is 1. The molecule has 0 heterocycles. The predicted octanol–water partition coefficient (Wildman–Crippen LogP) is -0.177. The summed E-state index contributed by atoms with van der Waals surface area (Å²) in [5, 5.41) is 11.0. The Bertz CT molecular complexity index is 75.6. The number of hydrogen-bond donors (Lipinski definition) is 2. The van der Waals surface area contributed by atoms with Crippen molar-refractivity contribution >= 4 is 0 Å². The Hall–Kier alpha value is -0.120. The maximum atomic E-state index is 9.18. The SMILES string of the molecule is CN(C)NCC(C)(C)O. The van der Waals surface area contributed by atoms with Crippen LogP contribution in [0.25, 0.3) is 0 Å². The molecule has 0 aliphatic carbocycles. The molecule has 0 aliphatic rings. The maximum absolute atomic E-state index is 9.18. The molecular formula is C6H16N2O. The van der Waals surface area contributed by atoms with E-state index in [9.17, 15) is 5.11 Å². The Kier molecular flexibility index (Phi) is 3.11. The van der Waals surface area contributed by atoms with Gasteiger partial charge in [0.15, 0.2) is 0 Å². The number of hydrogen-bond acceptors (Lipinski definition) is 3. The lowest BCUT2D eigenvalue weighted by atomic mass is 10.1. The smallest absolute Gasteiger partial charge is 0.0729 e. The van der Waals surface area contributed by atoms with E-state index >= 15 is 0 Å². The van der Waals surface area contributed by atoms with Crippen molar-refractivity contribution < 1.29 is 5.11 Å². The summed E-state index contributed by atoms with van der Waals surface area (Å²) in [4.78, 5) is 0. The first-order valence-corrected chi connectivity index (χ1v) is 3.05. The van der Waals surface area contributed by atoms with Crippen LogP contribution in [-0.4, -0.2) is 36.4 Å². The highest BCUT2D eigenvalue weighted by atomic mass is 16.3. The summed E-state index contributed by atoms with van der Waals surface area (Å²) in [6, 6.07) is 0. The molecule has 3 nitrogen and oxygen atoms in total. The van der Waals surface area contributed by atoms with Crippen LogP contribution in [0.3, 0.4) is 0 Å². The molecule has 0 amide bonds. The summed E-state index contributed by atoms with van der Waals surface area (Å²) in [6.07, 6.45) is 0. The first-order chi connectivity index (χ1) is 3.92. The lowest BCUT2D eigenvalue weighted by Gasteiger charge is -2.20. The van der Waals surface area contributed by atoms with Gasteiger partial charge in [-0.05, 0) is 13.8 Å². The Morgan fingerprint density at radius 2 is 1.89 bits per heavy atom. The zero-order chi connectivity index (χ0) is 7.49. The fourth-order valence-corrected chi connectivity index (χ4v) is 0.352. The van der Waals surface area contributed by atoms with Gasteiger partial charge >= 0.3 is 0 Å². The summed E-state index contributed by atoms with van der Waals surface area (Å²) < 4.78 is 0. The van der Waals surface area contributed by atoms with E-state index in [0.717, 1.165) is 0 Å². The van der Waals surface area contributed by atoms with Crippen molar-refractivity contribution in [1.29, 1.82) is 0 Å². The van der Waals surface area contributed by atoms with Crippen LogP contribution in [0.1, 0.15) is 13.8 Å². The Morgan fingerprint density at radius 3 is 2.00 bits per heavy atom. The molecule has 0 aromatic heterocycles. The molecule has 56 valence electrons. The van der Waals surface area contributed by atoms with Crippen LogP contribution in [0.5, 0.6) is 0 Å². The molecule has 0 aromatic rings. The number of aliphatic hydroxyl groups is 1. The molecule has 0 atom stereocenters. The molecule has 0 radical (unpaired) electrons. The Balaban J connectivity index is 3.28. The van der Waals surface area contributed by atoms with Crippen molar-refractivity contribution in [2.75, 3.05) is 20.6 Å². The third-order valence-corrected chi connectivity index (χ3v) is 0.828. The molecule has 0 bridgehead atoms. The monoisotopic (exact) mass is 132 g/mol. The molecule has 3 heteroatoms. The standard InChI is InChI=1S/C6H16N2O/c1-6(2,9)5-7-8(3)4/h7,9H,5H2,1-4H3. The summed E-state index contributed by atoms with van der Waals surface area (Å²) in [5.74, 6) is 0. The third kappa shape index (κ3) is 7.88. The van der Waals surface area contributed by atoms with E-state index in [-0.39, 0.29) is 0 Å². The molecule has 0 saturated carbocycles. The van der Waals surface area contributed by atoms with E-state index in [4.69, 9.17) is 0 Å². The summed E-state index contributed by atoms with van der Waals surface area (Å²) >= 11 is 0. The molecule has 0 rings (SSSR count). The highest BCUT2D eigenvalue weighted by molar-refractivity contribution is 4.65. The first-order valence-electron chi connectivity index (χ1n) is 3.05. The quantitative estimate of drug-likeness (QED) is 0.523. The van der Waals surface area contributed by atoms with Gasteiger partial charge in [0.1, 0.15) is 0 Å². The van der Waals surface area contributed by atoms with Gasteiger partial charge in [0.25, 0.3) is 0 Å². The van der Waals surface area contributed by atoms with Gasteiger partial charge in [-0.3, -0.25) is 10.4 Å². The van der Waals surface area contributed by atoms with E-state index in [0.29, 0.717) is 6.54 Å². The molecule has 0 aromatic carbocycles. The maximum Gasteiger partial charge on any atom is 0.0729 e. The fraction of sp³-hybridized carbons (Fsp3) is 1.00. The summed E-state index contributed by atoms with van der Waals surface area (Å²) in [6.45, 7) is 4.12. The van der Waals surface area contributed by atoms with Crippen molar-refractivity contribution in [3.63, 3.8) is 0 Å². The van der Waals surface area contributed by atoms with Crippen LogP contribution in [0.4, 0.5) is 0 Å². The number of nitrogens with one attached hydrogen (secondary N) is 1. The summed E-state index contributed by atoms with van der Waals surface area (Å²) in [7, 11) is 3.79. The lowest BCUT2D eigenvalue weighted by Crippen LogP contribution is -2.41. The number of hydrazine groups is 1. The second kappa shape index (κ2) is 3.15. The van der Waals surface area contributed by atoms with Crippen molar-refractivity contribution in [2.24, 2.45) is 0 Å². The van der Waals surface area contributed by atoms with Gasteiger partial charge in [-0.1, -0.05) is 0 Å². The fourth-order valence-electron chi connectivity index (χ4n) is 0.352. The molecule has 0 fully saturated rings. The van der Waals surface area contributed by atoms with Gasteiger partial charge in [0.05, 0.1) is 5.60 Å². The van der Waals surface area contributed by atoms with Crippen molar-refractivity contribution in [2.45, 2.75) is 19.4 Å². The van der Waals surface area contributed by atoms with Crippen LogP contribution in [0.15, 0.2) is 0 Å². The minimum Gasteiger partial charge on any atom is -0.389 e. The van der Waals surface area contributed by atoms with Crippen molar-refractivity contribution in [3.05, 3.63) is 0 Å². The molecule has 2 N–H and O–H groups in total. The third-order valence-electron chi connectivity index (χ3n) is 0.828. The molecular weight excluding hydrogens is 116 g/mol. The van der Waals surface area contributed by atoms with Gasteiger partial charge in [-0.15, -0.1) is 0 Å². The number of rotatable bonds is 3. The van der Waals surface area contributed by atoms with E-state index in [1.807, 2.05) is 19.1 Å². The van der Waals surface area contributed by atoms with Gasteiger partial charge in [-0.2, -0.15) is 0 Å². The minimum atomic E-state index is -0.621. The van der Waals surface area contributed by atoms with Crippen LogP contribution in [0, 0.1) is 0 Å². The van der Waals surface area contributed by atoms with E-state index < -0.39 is 5.60 Å². The van der Waals surface area contributed by atoms with Gasteiger partial charge in [0, 0.05) is 20.6 Å². The zero-order valence-corrected chi connectivity index (χ0v) is 6.60. The second-order valence-corrected chi connectivity index (χ2v) is 3.04. The first kappa shape index (κ1) is 8.88. The van der Waals surface area contributed by atoms with Crippen molar-refractivity contribution in [1.82, 2.24) is 10.4 Å². The second-order valence-electron chi connectivity index (χ2n) is 3.04. The van der Waals surface area contributed by atoms with E-state index in [1.54, 1.807) is 13.8 Å². The largest absolute Gasteiger partial charge is 0.389 e. The predicted molar refractivity (Wildman–Crippen MR) is 38.0 cm³/mol. The minimum absolute atomic E-state index is 0.583. The van der Waals surface area contributed by atoms with Crippen LogP contribution >= 0.6 is 0 Å². The molecule has 0 unspecified atom stereocenters. The highest BCUT2D eigenvalue weighted by Crippen LogP contribution is 1.96. The van der Waals surface area contributed by atoms with Crippen LogP contribution < -0.4 is 5.43 Å². The molecule has 9 heavy (non-hydrogen) atoms. The van der Waals surface area contributed by atoms with Gasteiger partial charge < -0.3 is 5.11 Å². The zero-order valence-electron chi connectivity index (χ0n) is 6.60.